The molecule has 0 saturated heterocycles. The molecule has 4 nitrogen and oxygen atoms in total. The summed E-state index contributed by atoms with van der Waals surface area (Å²) in [6.07, 6.45) is -10.4. The van der Waals surface area contributed by atoms with E-state index < -0.39 is 47.1 Å². The SMILES string of the molecule is COC(=O)c1nc(C(F)(F)F)cc(OC(F)(F)F)c1CCl. The van der Waals surface area contributed by atoms with Gasteiger partial charge in [0.2, 0.25) is 0 Å². The van der Waals surface area contributed by atoms with Crippen LogP contribution >= 0.6 is 11.6 Å². The molecule has 0 fully saturated rings. The van der Waals surface area contributed by atoms with E-state index in [1.807, 2.05) is 0 Å². The number of pyridine rings is 1. The van der Waals surface area contributed by atoms with Gasteiger partial charge in [0.15, 0.2) is 5.69 Å². The molecule has 1 rings (SSSR count). The molecule has 21 heavy (non-hydrogen) atoms. The van der Waals surface area contributed by atoms with Crippen LogP contribution in [-0.2, 0) is 16.8 Å². The van der Waals surface area contributed by atoms with Crippen molar-refractivity contribution in [1.82, 2.24) is 4.98 Å². The molecule has 1 aromatic heterocycles. The first kappa shape index (κ1) is 17.3. The normalized spacial score (nSPS) is 12.2. The van der Waals surface area contributed by atoms with Crippen molar-refractivity contribution in [1.29, 1.82) is 0 Å². The molecule has 1 heterocycles. The third-order valence-corrected chi connectivity index (χ3v) is 2.38. The molecule has 11 heteroatoms. The molecule has 0 radical (unpaired) electrons. The van der Waals surface area contributed by atoms with Crippen LogP contribution in [0.2, 0.25) is 0 Å². The lowest BCUT2D eigenvalue weighted by Crippen LogP contribution is -2.22. The Bertz CT molecular complexity index is 543. The summed E-state index contributed by atoms with van der Waals surface area (Å²) in [7, 11) is 0.826. The van der Waals surface area contributed by atoms with Crippen molar-refractivity contribution in [3.05, 3.63) is 23.0 Å². The number of methoxy groups -OCH3 is 1. The van der Waals surface area contributed by atoms with Crippen LogP contribution in [0.5, 0.6) is 5.75 Å². The maximum absolute atomic E-state index is 12.6. The molecule has 0 amide bonds. The Morgan fingerprint density at radius 2 is 1.86 bits per heavy atom. The first-order valence-corrected chi connectivity index (χ1v) is 5.54. The highest BCUT2D eigenvalue weighted by atomic mass is 35.5. The topological polar surface area (TPSA) is 48.4 Å². The predicted molar refractivity (Wildman–Crippen MR) is 56.8 cm³/mol. The second-order valence-electron chi connectivity index (χ2n) is 3.50. The summed E-state index contributed by atoms with van der Waals surface area (Å²) in [5, 5.41) is 0. The van der Waals surface area contributed by atoms with Crippen LogP contribution in [-0.4, -0.2) is 24.4 Å². The number of halogens is 7. The summed E-state index contributed by atoms with van der Waals surface area (Å²) in [4.78, 5) is 14.3. The quantitative estimate of drug-likeness (QED) is 0.481. The van der Waals surface area contributed by atoms with Crippen LogP contribution in [0.4, 0.5) is 26.3 Å². The number of carbonyl (C=O) groups is 1. The number of alkyl halides is 7. The highest BCUT2D eigenvalue weighted by molar-refractivity contribution is 6.17. The van der Waals surface area contributed by atoms with Gasteiger partial charge >= 0.3 is 18.5 Å². The maximum atomic E-state index is 12.6. The molecule has 0 N–H and O–H groups in total. The molecule has 118 valence electrons. The van der Waals surface area contributed by atoms with Crippen LogP contribution in [0.1, 0.15) is 21.7 Å². The molecule has 0 aliphatic heterocycles. The number of carbonyl (C=O) groups excluding carboxylic acids is 1. The van der Waals surface area contributed by atoms with Crippen molar-refractivity contribution < 1.29 is 40.6 Å². The second-order valence-corrected chi connectivity index (χ2v) is 3.77. The zero-order chi connectivity index (χ0) is 16.4. The van der Waals surface area contributed by atoms with Gasteiger partial charge in [0.25, 0.3) is 0 Å². The van der Waals surface area contributed by atoms with Crippen molar-refractivity contribution in [2.75, 3.05) is 7.11 Å². The van der Waals surface area contributed by atoms with Crippen LogP contribution in [0.15, 0.2) is 6.07 Å². The van der Waals surface area contributed by atoms with E-state index >= 15 is 0 Å². The lowest BCUT2D eigenvalue weighted by atomic mass is 10.1. The lowest BCUT2D eigenvalue weighted by Gasteiger charge is -2.16. The van der Waals surface area contributed by atoms with Gasteiger partial charge in [-0.3, -0.25) is 0 Å². The number of rotatable bonds is 3. The van der Waals surface area contributed by atoms with E-state index in [1.165, 1.54) is 0 Å². The number of aromatic nitrogens is 1. The average Bonchev–Trinajstić information content (AvgIpc) is 2.33. The van der Waals surface area contributed by atoms with E-state index in [2.05, 4.69) is 14.5 Å². The molecule has 0 aromatic carbocycles. The maximum Gasteiger partial charge on any atom is 0.573 e. The summed E-state index contributed by atoms with van der Waals surface area (Å²) in [5.74, 6) is -3.37. The van der Waals surface area contributed by atoms with Crippen LogP contribution in [0.3, 0.4) is 0 Å². The van der Waals surface area contributed by atoms with Crippen molar-refractivity contribution in [3.63, 3.8) is 0 Å². The zero-order valence-electron chi connectivity index (χ0n) is 10.1. The highest BCUT2D eigenvalue weighted by Crippen LogP contribution is 2.36. The Balaban J connectivity index is 3.56. The molecular formula is C10H6ClF6NO3. The number of hydrogen-bond acceptors (Lipinski definition) is 4. The summed E-state index contributed by atoms with van der Waals surface area (Å²) in [5.41, 5.74) is -3.40. The smallest absolute Gasteiger partial charge is 0.464 e. The standard InChI is InChI=1S/C10H6ClF6NO3/c1-20-8(19)7-4(3-11)5(21-10(15,16)17)2-6(18-7)9(12,13)14/h2H,3H2,1H3. The minimum atomic E-state index is -5.27. The Morgan fingerprint density at radius 1 is 1.29 bits per heavy atom. The molecule has 0 spiro atoms. The van der Waals surface area contributed by atoms with E-state index in [0.717, 1.165) is 7.11 Å². The van der Waals surface area contributed by atoms with Gasteiger partial charge in [0, 0.05) is 11.6 Å². The monoisotopic (exact) mass is 337 g/mol. The average molecular weight is 338 g/mol. The zero-order valence-corrected chi connectivity index (χ0v) is 10.9. The van der Waals surface area contributed by atoms with Gasteiger partial charge in [0.05, 0.1) is 13.0 Å². The van der Waals surface area contributed by atoms with Crippen LogP contribution in [0.25, 0.3) is 0 Å². The molecule has 0 saturated carbocycles. The summed E-state index contributed by atoms with van der Waals surface area (Å²) in [6.45, 7) is 0. The first-order valence-electron chi connectivity index (χ1n) is 5.00. The Hall–Kier alpha value is -1.71. The van der Waals surface area contributed by atoms with E-state index in [1.54, 1.807) is 0 Å². The molecule has 0 unspecified atom stereocenters. The Kier molecular flexibility index (Phi) is 4.92. The van der Waals surface area contributed by atoms with Gasteiger partial charge in [-0.15, -0.1) is 24.8 Å². The molecule has 1 aromatic rings. The Labute approximate surface area is 118 Å². The van der Waals surface area contributed by atoms with E-state index in [-0.39, 0.29) is 6.07 Å². The minimum absolute atomic E-state index is 0.0116. The van der Waals surface area contributed by atoms with Gasteiger partial charge in [-0.25, -0.2) is 9.78 Å². The number of nitrogens with zero attached hydrogens (tertiary/aromatic N) is 1. The third-order valence-electron chi connectivity index (χ3n) is 2.11. The minimum Gasteiger partial charge on any atom is -0.464 e. The van der Waals surface area contributed by atoms with Crippen LogP contribution < -0.4 is 4.74 Å². The fourth-order valence-corrected chi connectivity index (χ4v) is 1.56. The van der Waals surface area contributed by atoms with E-state index in [9.17, 15) is 31.1 Å². The van der Waals surface area contributed by atoms with Crippen molar-refractivity contribution in [2.24, 2.45) is 0 Å². The van der Waals surface area contributed by atoms with Gasteiger partial charge in [0.1, 0.15) is 11.4 Å². The van der Waals surface area contributed by atoms with Crippen LogP contribution in [0, 0.1) is 0 Å². The summed E-state index contributed by atoms with van der Waals surface area (Å²) < 4.78 is 82.1. The molecular weight excluding hydrogens is 332 g/mol. The number of hydrogen-bond donors (Lipinski definition) is 0. The van der Waals surface area contributed by atoms with E-state index in [0.29, 0.717) is 0 Å². The van der Waals surface area contributed by atoms with Gasteiger partial charge in [-0.2, -0.15) is 13.2 Å². The number of esters is 1. The van der Waals surface area contributed by atoms with Gasteiger partial charge in [-0.1, -0.05) is 0 Å². The molecule has 0 aliphatic rings. The van der Waals surface area contributed by atoms with Crippen molar-refractivity contribution in [3.8, 4) is 5.75 Å². The number of ether oxygens (including phenoxy) is 2. The molecule has 0 atom stereocenters. The lowest BCUT2D eigenvalue weighted by molar-refractivity contribution is -0.275. The van der Waals surface area contributed by atoms with Crippen molar-refractivity contribution >= 4 is 17.6 Å². The Morgan fingerprint density at radius 3 is 2.24 bits per heavy atom. The fraction of sp³-hybridized carbons (Fsp3) is 0.400. The third kappa shape index (κ3) is 4.38. The predicted octanol–water partition coefficient (Wildman–Crippen LogP) is 3.52. The summed E-state index contributed by atoms with van der Waals surface area (Å²) >= 11 is 5.36. The first-order chi connectivity index (χ1) is 9.49. The van der Waals surface area contributed by atoms with Gasteiger partial charge in [-0.05, 0) is 0 Å². The van der Waals surface area contributed by atoms with E-state index in [4.69, 9.17) is 11.6 Å². The second kappa shape index (κ2) is 5.96. The molecule has 0 aliphatic carbocycles. The fourth-order valence-electron chi connectivity index (χ4n) is 1.30. The van der Waals surface area contributed by atoms with Gasteiger partial charge < -0.3 is 9.47 Å². The summed E-state index contributed by atoms with van der Waals surface area (Å²) in [6, 6.07) is 0.0116. The highest BCUT2D eigenvalue weighted by Gasteiger charge is 2.38. The van der Waals surface area contributed by atoms with Crippen molar-refractivity contribution in [2.45, 2.75) is 18.4 Å². The largest absolute Gasteiger partial charge is 0.573 e. The molecule has 0 bridgehead atoms.